The molecule has 0 radical (unpaired) electrons. The Morgan fingerprint density at radius 2 is 2.00 bits per heavy atom. The molecule has 1 aromatic carbocycles. The van der Waals surface area contributed by atoms with Crippen molar-refractivity contribution in [3.05, 3.63) is 59.5 Å². The van der Waals surface area contributed by atoms with Gasteiger partial charge in [0.15, 0.2) is 0 Å². The summed E-state index contributed by atoms with van der Waals surface area (Å²) in [6, 6.07) is 9.79. The van der Waals surface area contributed by atoms with Crippen molar-refractivity contribution < 1.29 is 9.18 Å². The van der Waals surface area contributed by atoms with Crippen LogP contribution in [0.4, 0.5) is 4.39 Å². The number of nitrogens with zero attached hydrogens (tertiary/aromatic N) is 6. The number of aromatic nitrogens is 5. The lowest BCUT2D eigenvalue weighted by Gasteiger charge is -2.37. The monoisotopic (exact) mass is 395 g/mol. The van der Waals surface area contributed by atoms with Crippen LogP contribution in [0.25, 0.3) is 11.5 Å². The predicted octanol–water partition coefficient (Wildman–Crippen LogP) is 2.14. The minimum atomic E-state index is -0.287. The Morgan fingerprint density at radius 3 is 2.69 bits per heavy atom. The van der Waals surface area contributed by atoms with Crippen LogP contribution in [-0.2, 0) is 6.54 Å². The molecule has 1 saturated heterocycles. The number of pyridine rings is 1. The van der Waals surface area contributed by atoms with E-state index < -0.39 is 0 Å². The molecule has 0 bridgehead atoms. The van der Waals surface area contributed by atoms with Gasteiger partial charge < -0.3 is 9.80 Å². The SMILES string of the molecule is CN1CCC(N(Cc2ccc(F)cc2)C(=O)c2ccnc(-c3nn[nH]n3)c2)CC1. The summed E-state index contributed by atoms with van der Waals surface area (Å²) < 4.78 is 13.3. The summed E-state index contributed by atoms with van der Waals surface area (Å²) in [5, 5.41) is 13.8. The minimum absolute atomic E-state index is 0.0870. The van der Waals surface area contributed by atoms with Crippen molar-refractivity contribution >= 4 is 5.91 Å². The Labute approximate surface area is 167 Å². The van der Waals surface area contributed by atoms with Crippen molar-refractivity contribution in [3.63, 3.8) is 0 Å². The van der Waals surface area contributed by atoms with Crippen LogP contribution in [0.1, 0.15) is 28.8 Å². The molecule has 0 atom stereocenters. The van der Waals surface area contributed by atoms with Crippen molar-refractivity contribution in [2.75, 3.05) is 20.1 Å². The summed E-state index contributed by atoms with van der Waals surface area (Å²) in [5.74, 6) is -0.0372. The fraction of sp³-hybridized carbons (Fsp3) is 0.350. The molecule has 3 aromatic rings. The summed E-state index contributed by atoms with van der Waals surface area (Å²) in [6.45, 7) is 2.29. The molecule has 0 unspecified atom stereocenters. The van der Waals surface area contributed by atoms with E-state index in [2.05, 4.69) is 37.6 Å². The van der Waals surface area contributed by atoms with Crippen molar-refractivity contribution in [2.24, 2.45) is 0 Å². The summed E-state index contributed by atoms with van der Waals surface area (Å²) in [7, 11) is 2.09. The number of piperidine rings is 1. The number of H-pyrrole nitrogens is 1. The minimum Gasteiger partial charge on any atom is -0.331 e. The zero-order valence-electron chi connectivity index (χ0n) is 16.1. The number of likely N-dealkylation sites (tertiary alicyclic amines) is 1. The number of halogens is 1. The highest BCUT2D eigenvalue weighted by Gasteiger charge is 2.28. The summed E-state index contributed by atoms with van der Waals surface area (Å²) in [6.07, 6.45) is 3.36. The Morgan fingerprint density at radius 1 is 1.24 bits per heavy atom. The van der Waals surface area contributed by atoms with Gasteiger partial charge >= 0.3 is 0 Å². The number of carbonyl (C=O) groups excluding carboxylic acids is 1. The van der Waals surface area contributed by atoms with Crippen molar-refractivity contribution in [1.82, 2.24) is 35.4 Å². The fourth-order valence-corrected chi connectivity index (χ4v) is 3.58. The van der Waals surface area contributed by atoms with Gasteiger partial charge in [0.25, 0.3) is 5.91 Å². The van der Waals surface area contributed by atoms with E-state index in [1.54, 1.807) is 30.5 Å². The van der Waals surface area contributed by atoms with E-state index in [-0.39, 0.29) is 17.8 Å². The lowest BCUT2D eigenvalue weighted by atomic mass is 10.0. The van der Waals surface area contributed by atoms with Crippen molar-refractivity contribution in [2.45, 2.75) is 25.4 Å². The van der Waals surface area contributed by atoms with E-state index in [4.69, 9.17) is 0 Å². The Balaban J connectivity index is 1.62. The molecule has 3 heterocycles. The third-order valence-corrected chi connectivity index (χ3v) is 5.24. The zero-order chi connectivity index (χ0) is 20.2. The molecule has 1 N–H and O–H groups in total. The van der Waals surface area contributed by atoms with E-state index in [0.717, 1.165) is 31.5 Å². The van der Waals surface area contributed by atoms with Crippen LogP contribution in [0.3, 0.4) is 0 Å². The van der Waals surface area contributed by atoms with Crippen LogP contribution in [0, 0.1) is 5.82 Å². The largest absolute Gasteiger partial charge is 0.331 e. The highest BCUT2D eigenvalue weighted by Crippen LogP contribution is 2.22. The Kier molecular flexibility index (Phi) is 5.57. The van der Waals surface area contributed by atoms with Crippen molar-refractivity contribution in [1.29, 1.82) is 0 Å². The van der Waals surface area contributed by atoms with Crippen LogP contribution in [-0.4, -0.2) is 67.5 Å². The summed E-state index contributed by atoms with van der Waals surface area (Å²) in [5.41, 5.74) is 1.89. The first kappa shape index (κ1) is 19.1. The standard InChI is InChI=1S/C20H22FN7O/c1-27-10-7-17(8-11-27)28(13-14-2-4-16(21)5-3-14)20(29)15-6-9-22-18(12-15)19-23-25-26-24-19/h2-6,9,12,17H,7-8,10-11,13H2,1H3,(H,23,24,25,26). The number of hydrogen-bond acceptors (Lipinski definition) is 6. The number of nitrogens with one attached hydrogen (secondary N) is 1. The highest BCUT2D eigenvalue weighted by molar-refractivity contribution is 5.95. The van der Waals surface area contributed by atoms with Gasteiger partial charge in [-0.05, 0) is 68.0 Å². The van der Waals surface area contributed by atoms with E-state index in [9.17, 15) is 9.18 Å². The second-order valence-corrected chi connectivity index (χ2v) is 7.26. The lowest BCUT2D eigenvalue weighted by Crippen LogP contribution is -2.46. The van der Waals surface area contributed by atoms with Crippen LogP contribution >= 0.6 is 0 Å². The topological polar surface area (TPSA) is 90.9 Å². The van der Waals surface area contributed by atoms with Gasteiger partial charge in [-0.15, -0.1) is 10.2 Å². The third kappa shape index (κ3) is 4.45. The second-order valence-electron chi connectivity index (χ2n) is 7.26. The Bertz CT molecular complexity index is 953. The second kappa shape index (κ2) is 8.44. The predicted molar refractivity (Wildman–Crippen MR) is 104 cm³/mol. The molecule has 9 heteroatoms. The number of rotatable bonds is 5. The number of carbonyl (C=O) groups is 1. The van der Waals surface area contributed by atoms with Gasteiger partial charge in [-0.3, -0.25) is 9.78 Å². The van der Waals surface area contributed by atoms with Gasteiger partial charge in [-0.2, -0.15) is 5.21 Å². The van der Waals surface area contributed by atoms with Crippen LogP contribution in [0.5, 0.6) is 0 Å². The number of tetrazole rings is 1. The molecule has 1 aliphatic heterocycles. The maximum absolute atomic E-state index is 13.5. The average Bonchev–Trinajstić information content (AvgIpc) is 3.29. The molecular formula is C20H22FN7O. The average molecular weight is 395 g/mol. The normalized spacial score (nSPS) is 15.4. The van der Waals surface area contributed by atoms with E-state index >= 15 is 0 Å². The number of benzene rings is 1. The fourth-order valence-electron chi connectivity index (χ4n) is 3.58. The molecule has 1 aliphatic rings. The van der Waals surface area contributed by atoms with E-state index in [1.165, 1.54) is 12.1 Å². The van der Waals surface area contributed by atoms with Gasteiger partial charge in [0.1, 0.15) is 11.5 Å². The quantitative estimate of drug-likeness (QED) is 0.712. The van der Waals surface area contributed by atoms with Gasteiger partial charge in [0.2, 0.25) is 5.82 Å². The molecule has 0 spiro atoms. The van der Waals surface area contributed by atoms with E-state index in [1.807, 2.05) is 4.90 Å². The molecule has 0 saturated carbocycles. The zero-order valence-corrected chi connectivity index (χ0v) is 16.1. The van der Waals surface area contributed by atoms with E-state index in [0.29, 0.717) is 23.6 Å². The third-order valence-electron chi connectivity index (χ3n) is 5.24. The van der Waals surface area contributed by atoms with Crippen LogP contribution in [0.2, 0.25) is 0 Å². The molecule has 2 aromatic heterocycles. The smallest absolute Gasteiger partial charge is 0.254 e. The van der Waals surface area contributed by atoms with Gasteiger partial charge in [0.05, 0.1) is 0 Å². The molecule has 4 rings (SSSR count). The molecule has 1 fully saturated rings. The first-order valence-electron chi connectivity index (χ1n) is 9.54. The maximum atomic E-state index is 13.5. The Hall–Kier alpha value is -3.20. The molecule has 8 nitrogen and oxygen atoms in total. The first-order valence-corrected chi connectivity index (χ1v) is 9.54. The van der Waals surface area contributed by atoms with Crippen LogP contribution in [0.15, 0.2) is 42.6 Å². The highest BCUT2D eigenvalue weighted by atomic mass is 19.1. The first-order chi connectivity index (χ1) is 14.1. The number of hydrogen-bond donors (Lipinski definition) is 1. The summed E-state index contributed by atoms with van der Waals surface area (Å²) >= 11 is 0. The van der Waals surface area contributed by atoms with Gasteiger partial charge in [-0.25, -0.2) is 4.39 Å². The maximum Gasteiger partial charge on any atom is 0.254 e. The van der Waals surface area contributed by atoms with Gasteiger partial charge in [-0.1, -0.05) is 12.1 Å². The summed E-state index contributed by atoms with van der Waals surface area (Å²) in [4.78, 5) is 21.8. The molecule has 29 heavy (non-hydrogen) atoms. The molecular weight excluding hydrogens is 373 g/mol. The lowest BCUT2D eigenvalue weighted by molar-refractivity contribution is 0.0569. The molecule has 1 amide bonds. The molecule has 0 aliphatic carbocycles. The van der Waals surface area contributed by atoms with Gasteiger partial charge in [0, 0.05) is 24.3 Å². The number of amides is 1. The number of aromatic amines is 1. The molecule has 150 valence electrons. The van der Waals surface area contributed by atoms with Crippen LogP contribution < -0.4 is 0 Å². The van der Waals surface area contributed by atoms with Crippen molar-refractivity contribution in [3.8, 4) is 11.5 Å².